The second-order valence-electron chi connectivity index (χ2n) is 19.7. The molecule has 448 valence electrons. The van der Waals surface area contributed by atoms with E-state index in [4.69, 9.17) is 65.6 Å². The molecule has 3 saturated heterocycles. The first-order valence-electron chi connectivity index (χ1n) is 28.5. The third kappa shape index (κ3) is 26.8. The summed E-state index contributed by atoms with van der Waals surface area (Å²) in [6.45, 7) is 4.99. The number of carbonyl (C=O) groups excluding carboxylic acids is 3. The van der Waals surface area contributed by atoms with Crippen LogP contribution < -0.4 is 0 Å². The zero-order valence-corrected chi connectivity index (χ0v) is 49.0. The maximum absolute atomic E-state index is 11.2. The Balaban J connectivity index is 0.000000232. The van der Waals surface area contributed by atoms with Gasteiger partial charge in [0.1, 0.15) is 18.3 Å². The third-order valence-electron chi connectivity index (χ3n) is 13.2. The van der Waals surface area contributed by atoms with Crippen LogP contribution in [-0.4, -0.2) is 90.2 Å². The topological polar surface area (TPSA) is 188 Å². The number of terminal acetylenes is 5. The lowest BCUT2D eigenvalue weighted by molar-refractivity contribution is -0.196. The van der Waals surface area contributed by atoms with Crippen molar-refractivity contribution in [1.29, 1.82) is 0 Å². The Morgan fingerprint density at radius 1 is 0.477 bits per heavy atom. The number of rotatable bonds is 19. The Labute approximate surface area is 508 Å². The highest BCUT2D eigenvalue weighted by Gasteiger charge is 2.23. The zero-order valence-electron chi connectivity index (χ0n) is 49.0. The first-order chi connectivity index (χ1) is 41.8. The molecule has 4 N–H and O–H groups in total. The maximum Gasteiger partial charge on any atom is 0.159 e. The van der Waals surface area contributed by atoms with E-state index in [0.717, 1.165) is 127 Å². The summed E-state index contributed by atoms with van der Waals surface area (Å²) < 4.78 is 34.0. The van der Waals surface area contributed by atoms with Crippen molar-refractivity contribution in [3.05, 3.63) is 213 Å². The Hall–Kier alpha value is -8.27. The number of aliphatic hydroxyl groups excluding tert-OH is 4. The number of ether oxygens (including phenoxy) is 6. The number of aliphatic hydroxyl groups is 4. The minimum Gasteiger partial charge on any atom is -0.393 e. The summed E-state index contributed by atoms with van der Waals surface area (Å²) in [6, 6.07) is 36.4. The van der Waals surface area contributed by atoms with Gasteiger partial charge in [-0.15, -0.1) is 32.1 Å². The number of hydrogen-bond donors (Lipinski definition) is 4. The molecule has 0 aliphatic carbocycles. The van der Waals surface area contributed by atoms with E-state index >= 15 is 0 Å². The smallest absolute Gasteiger partial charge is 0.159 e. The van der Waals surface area contributed by atoms with Crippen LogP contribution in [0.5, 0.6) is 0 Å². The minimum atomic E-state index is -0.763. The van der Waals surface area contributed by atoms with Gasteiger partial charge in [0, 0.05) is 47.6 Å². The molecule has 8 rings (SSSR count). The molecule has 3 aliphatic heterocycles. The molecule has 0 bridgehead atoms. The van der Waals surface area contributed by atoms with Crippen molar-refractivity contribution in [2.75, 3.05) is 33.0 Å². The summed E-state index contributed by atoms with van der Waals surface area (Å²) in [4.78, 5) is 32.9. The zero-order chi connectivity index (χ0) is 62.3. The van der Waals surface area contributed by atoms with Gasteiger partial charge in [-0.3, -0.25) is 9.59 Å². The fourth-order valence-electron chi connectivity index (χ4n) is 8.36. The molecule has 13 heteroatoms. The standard InChI is InChI=1S/C18H20O3.C15H18O3.C15H16O3.C13H12O2.C12H12O2/c1-3-15-8-10-16(11-9-15)17(12-7-14(2)19)21-18-6-4-5-13-20-18;2*1-2-12-6-8-13(9-7-12)14(11-16)18-15-5-3-4-10-17-15;1-3-11-5-7-12(8-6-11)13(15)9-4-10(2)14;1-2-10-5-7-11(8-6-10)12(14)4-3-9-13/h1,7-12,17-18H,4-6,13H2,2H3;1,6-9,14-16H,3-5,10-11H2;1,6-9,11,14-15H,3-5,10H2;1,4-9,13,15H,2H3;1,3-8,12-14H,9H2/b12-7+;;;9-4+;4-3+/t17-,18?;2*14-,15?;13-;12-/m11111/s1. The van der Waals surface area contributed by atoms with Crippen LogP contribution in [0.25, 0.3) is 0 Å². The number of allylic oxidation sites excluding steroid dienone is 2. The molecule has 5 aromatic carbocycles. The van der Waals surface area contributed by atoms with Crippen LogP contribution in [-0.2, 0) is 42.8 Å². The van der Waals surface area contributed by atoms with E-state index in [-0.39, 0.29) is 55.9 Å². The third-order valence-corrected chi connectivity index (χ3v) is 13.2. The lowest BCUT2D eigenvalue weighted by Crippen LogP contribution is -2.25. The van der Waals surface area contributed by atoms with Crippen molar-refractivity contribution < 1.29 is 63.2 Å². The molecule has 3 fully saturated rings. The quantitative estimate of drug-likeness (QED) is 0.0265. The second kappa shape index (κ2) is 40.9. The van der Waals surface area contributed by atoms with Gasteiger partial charge in [-0.05, 0) is 184 Å². The van der Waals surface area contributed by atoms with Gasteiger partial charge in [-0.1, -0.05) is 102 Å². The molecule has 13 nitrogen and oxygen atoms in total. The minimum absolute atomic E-state index is 0.00610. The fourth-order valence-corrected chi connectivity index (χ4v) is 8.36. The molecule has 8 atom stereocenters. The Morgan fingerprint density at radius 2 is 0.802 bits per heavy atom. The van der Waals surface area contributed by atoms with Gasteiger partial charge in [0.05, 0.1) is 25.4 Å². The lowest BCUT2D eigenvalue weighted by atomic mass is 10.1. The number of carbonyl (C=O) groups is 3. The highest BCUT2D eigenvalue weighted by Crippen LogP contribution is 2.28. The average Bonchev–Trinajstić information content (AvgIpc) is 3.67. The van der Waals surface area contributed by atoms with Gasteiger partial charge in [-0.2, -0.15) is 0 Å². The normalized spacial score (nSPS) is 17.9. The van der Waals surface area contributed by atoms with Gasteiger partial charge in [0.25, 0.3) is 0 Å². The van der Waals surface area contributed by atoms with Crippen LogP contribution in [0.15, 0.2) is 158 Å². The molecule has 0 saturated carbocycles. The number of hydrogen-bond acceptors (Lipinski definition) is 13. The molecule has 5 aromatic rings. The van der Waals surface area contributed by atoms with Crippen molar-refractivity contribution >= 4 is 17.9 Å². The van der Waals surface area contributed by atoms with Crippen LogP contribution in [0.2, 0.25) is 0 Å². The van der Waals surface area contributed by atoms with Crippen molar-refractivity contribution in [3.8, 4) is 61.7 Å². The fraction of sp³-hybridized carbons (Fsp3) is 0.329. The predicted molar refractivity (Wildman–Crippen MR) is 333 cm³/mol. The van der Waals surface area contributed by atoms with E-state index in [9.17, 15) is 29.7 Å². The summed E-state index contributed by atoms with van der Waals surface area (Å²) in [6.07, 6.45) is 42.0. The van der Waals surface area contributed by atoms with Crippen molar-refractivity contribution in [2.24, 2.45) is 0 Å². The highest BCUT2D eigenvalue weighted by molar-refractivity contribution is 5.87. The van der Waals surface area contributed by atoms with E-state index < -0.39 is 18.3 Å². The van der Waals surface area contributed by atoms with Gasteiger partial charge in [-0.25, -0.2) is 0 Å². The number of aldehydes is 1. The summed E-state index contributed by atoms with van der Waals surface area (Å²) in [7, 11) is 0. The molecule has 3 heterocycles. The first kappa shape index (κ1) is 70.2. The van der Waals surface area contributed by atoms with E-state index in [1.807, 2.05) is 60.7 Å². The lowest BCUT2D eigenvalue weighted by Gasteiger charge is -2.27. The van der Waals surface area contributed by atoms with Crippen LogP contribution in [0.4, 0.5) is 0 Å². The van der Waals surface area contributed by atoms with Gasteiger partial charge in [0.2, 0.25) is 0 Å². The average molecular weight is 1160 g/mol. The van der Waals surface area contributed by atoms with Crippen LogP contribution in [0, 0.1) is 61.7 Å². The Morgan fingerprint density at radius 3 is 1.13 bits per heavy atom. The largest absolute Gasteiger partial charge is 0.393 e. The van der Waals surface area contributed by atoms with Crippen LogP contribution >= 0.6 is 0 Å². The summed E-state index contributed by atoms with van der Waals surface area (Å²) in [5, 5.41) is 37.1. The molecular formula is C73H78O13. The molecule has 3 aliphatic rings. The summed E-state index contributed by atoms with van der Waals surface area (Å²) in [5.74, 6) is 12.6. The summed E-state index contributed by atoms with van der Waals surface area (Å²) in [5.41, 5.74) is 8.14. The Kier molecular flexibility index (Phi) is 33.4. The SMILES string of the molecule is C#Cc1ccc([C@@H](/C=C/C(C)=O)OC2CCCCO2)cc1.C#Cc1ccc([C@@H](C=O)OC2CCCCO2)cc1.C#Cc1ccc([C@@H](CO)OC2CCCCO2)cc1.C#Cc1ccc([C@H](O)/C=C/C(C)=O)cc1.C#Cc1ccc([C@H](O)/C=C/CO)cc1. The van der Waals surface area contributed by atoms with Gasteiger partial charge >= 0.3 is 0 Å². The molecule has 0 amide bonds. The molecule has 86 heavy (non-hydrogen) atoms. The van der Waals surface area contributed by atoms with Gasteiger partial charge < -0.3 is 53.6 Å². The maximum atomic E-state index is 11.2. The second-order valence-corrected chi connectivity index (χ2v) is 19.7. The van der Waals surface area contributed by atoms with Gasteiger partial charge in [0.15, 0.2) is 36.7 Å². The molecule has 3 unspecified atom stereocenters. The molecule has 0 aromatic heterocycles. The predicted octanol–water partition coefficient (Wildman–Crippen LogP) is 11.2. The van der Waals surface area contributed by atoms with E-state index in [0.29, 0.717) is 12.2 Å². The molecule has 0 spiro atoms. The van der Waals surface area contributed by atoms with Crippen molar-refractivity contribution in [1.82, 2.24) is 0 Å². The van der Waals surface area contributed by atoms with E-state index in [1.165, 1.54) is 44.2 Å². The molecular weight excluding hydrogens is 1080 g/mol. The van der Waals surface area contributed by atoms with E-state index in [1.54, 1.807) is 66.7 Å². The van der Waals surface area contributed by atoms with Crippen molar-refractivity contribution in [3.63, 3.8) is 0 Å². The Bertz CT molecular complexity index is 3090. The van der Waals surface area contributed by atoms with Crippen LogP contribution in [0.1, 0.15) is 158 Å². The monoisotopic (exact) mass is 1160 g/mol. The highest BCUT2D eigenvalue weighted by atomic mass is 16.7. The van der Waals surface area contributed by atoms with Crippen molar-refractivity contribution in [2.45, 2.75) is 121 Å². The first-order valence-corrected chi connectivity index (χ1v) is 28.5. The molecule has 0 radical (unpaired) electrons. The number of benzene rings is 5. The number of ketones is 2. The van der Waals surface area contributed by atoms with Crippen LogP contribution in [0.3, 0.4) is 0 Å². The summed E-state index contributed by atoms with van der Waals surface area (Å²) >= 11 is 0. The van der Waals surface area contributed by atoms with E-state index in [2.05, 4.69) is 29.6 Å².